The van der Waals surface area contributed by atoms with Crippen LogP contribution < -0.4 is 4.72 Å². The standard InChI is InChI=1S/C9H21NO2S/c1-8(2,3)9(4,5)7-10-13(6,11)12/h10H,7H2,1-6H3. The monoisotopic (exact) mass is 207 g/mol. The Morgan fingerprint density at radius 2 is 1.46 bits per heavy atom. The van der Waals surface area contributed by atoms with E-state index in [1.165, 1.54) is 6.26 Å². The van der Waals surface area contributed by atoms with E-state index >= 15 is 0 Å². The van der Waals surface area contributed by atoms with Crippen molar-refractivity contribution in [2.45, 2.75) is 34.6 Å². The summed E-state index contributed by atoms with van der Waals surface area (Å²) < 4.78 is 24.3. The Balaban J connectivity index is 4.38. The molecule has 4 heteroatoms. The van der Waals surface area contributed by atoms with Crippen LogP contribution in [0.15, 0.2) is 0 Å². The summed E-state index contributed by atoms with van der Waals surface area (Å²) in [7, 11) is -3.07. The first kappa shape index (κ1) is 12.9. The molecule has 13 heavy (non-hydrogen) atoms. The maximum absolute atomic E-state index is 10.9. The fraction of sp³-hybridized carbons (Fsp3) is 1.00. The molecule has 0 heterocycles. The molecule has 0 spiro atoms. The molecule has 0 aromatic heterocycles. The topological polar surface area (TPSA) is 46.2 Å². The van der Waals surface area contributed by atoms with Gasteiger partial charge < -0.3 is 0 Å². The van der Waals surface area contributed by atoms with Gasteiger partial charge in [0.25, 0.3) is 0 Å². The van der Waals surface area contributed by atoms with Gasteiger partial charge in [-0.25, -0.2) is 13.1 Å². The van der Waals surface area contributed by atoms with Crippen molar-refractivity contribution in [2.75, 3.05) is 12.8 Å². The highest BCUT2D eigenvalue weighted by Gasteiger charge is 2.32. The molecule has 0 rings (SSSR count). The Hall–Kier alpha value is -0.0900. The molecular weight excluding hydrogens is 186 g/mol. The molecule has 0 radical (unpaired) electrons. The van der Waals surface area contributed by atoms with Gasteiger partial charge in [-0.2, -0.15) is 0 Å². The van der Waals surface area contributed by atoms with Crippen LogP contribution in [-0.4, -0.2) is 21.2 Å². The van der Waals surface area contributed by atoms with E-state index < -0.39 is 10.0 Å². The highest BCUT2D eigenvalue weighted by atomic mass is 32.2. The van der Waals surface area contributed by atoms with Crippen molar-refractivity contribution in [3.63, 3.8) is 0 Å². The number of sulfonamides is 1. The van der Waals surface area contributed by atoms with Gasteiger partial charge in [0.1, 0.15) is 0 Å². The minimum atomic E-state index is -3.07. The van der Waals surface area contributed by atoms with E-state index in [0.717, 1.165) is 0 Å². The molecular formula is C9H21NO2S. The Bertz CT molecular complexity index is 260. The number of nitrogens with one attached hydrogen (secondary N) is 1. The Kier molecular flexibility index (Phi) is 3.55. The lowest BCUT2D eigenvalue weighted by atomic mass is 9.69. The highest BCUT2D eigenvalue weighted by molar-refractivity contribution is 7.88. The average Bonchev–Trinajstić information content (AvgIpc) is 1.79. The normalized spacial score (nSPS) is 14.6. The van der Waals surface area contributed by atoms with Crippen molar-refractivity contribution in [1.82, 2.24) is 4.72 Å². The first-order valence-corrected chi connectivity index (χ1v) is 6.29. The van der Waals surface area contributed by atoms with Crippen molar-refractivity contribution in [1.29, 1.82) is 0 Å². The smallest absolute Gasteiger partial charge is 0.208 e. The minimum absolute atomic E-state index is 0.0456. The Morgan fingerprint density at radius 3 is 1.69 bits per heavy atom. The molecule has 0 aliphatic carbocycles. The van der Waals surface area contributed by atoms with Crippen molar-refractivity contribution in [3.05, 3.63) is 0 Å². The highest BCUT2D eigenvalue weighted by Crippen LogP contribution is 2.36. The lowest BCUT2D eigenvalue weighted by Gasteiger charge is -2.38. The van der Waals surface area contributed by atoms with Crippen molar-refractivity contribution < 1.29 is 8.42 Å². The molecule has 0 bridgehead atoms. The Morgan fingerprint density at radius 1 is 1.08 bits per heavy atom. The second-order valence-corrected chi connectivity index (χ2v) is 7.06. The van der Waals surface area contributed by atoms with Crippen LogP contribution >= 0.6 is 0 Å². The molecule has 0 saturated heterocycles. The van der Waals surface area contributed by atoms with Gasteiger partial charge in [0.15, 0.2) is 0 Å². The zero-order valence-corrected chi connectivity index (χ0v) is 10.2. The molecule has 0 aliphatic heterocycles. The van der Waals surface area contributed by atoms with E-state index in [2.05, 4.69) is 39.3 Å². The van der Waals surface area contributed by atoms with Crippen LogP contribution in [0.1, 0.15) is 34.6 Å². The van der Waals surface area contributed by atoms with E-state index in [4.69, 9.17) is 0 Å². The Labute approximate surface area is 82.0 Å². The third kappa shape index (κ3) is 4.62. The van der Waals surface area contributed by atoms with E-state index in [1.807, 2.05) is 0 Å². The van der Waals surface area contributed by atoms with Crippen LogP contribution in [0, 0.1) is 10.8 Å². The predicted octanol–water partition coefficient (Wildman–Crippen LogP) is 1.61. The summed E-state index contributed by atoms with van der Waals surface area (Å²) in [5, 5.41) is 0. The maximum Gasteiger partial charge on any atom is 0.208 e. The van der Waals surface area contributed by atoms with Gasteiger partial charge in [-0.3, -0.25) is 0 Å². The van der Waals surface area contributed by atoms with Crippen molar-refractivity contribution in [3.8, 4) is 0 Å². The second-order valence-electron chi connectivity index (χ2n) is 5.23. The first-order valence-electron chi connectivity index (χ1n) is 4.40. The van der Waals surface area contributed by atoms with Crippen LogP contribution in [0.2, 0.25) is 0 Å². The summed E-state index contributed by atoms with van der Waals surface area (Å²) in [6.07, 6.45) is 1.19. The van der Waals surface area contributed by atoms with Crippen molar-refractivity contribution >= 4 is 10.0 Å². The second kappa shape index (κ2) is 3.58. The molecule has 0 aromatic rings. The molecule has 0 saturated carbocycles. The molecule has 0 fully saturated rings. The largest absolute Gasteiger partial charge is 0.215 e. The third-order valence-electron chi connectivity index (χ3n) is 2.81. The van der Waals surface area contributed by atoms with Crippen molar-refractivity contribution in [2.24, 2.45) is 10.8 Å². The molecule has 3 nitrogen and oxygen atoms in total. The zero-order valence-electron chi connectivity index (χ0n) is 9.43. The van der Waals surface area contributed by atoms with Crippen LogP contribution in [-0.2, 0) is 10.0 Å². The van der Waals surface area contributed by atoms with Gasteiger partial charge >= 0.3 is 0 Å². The fourth-order valence-electron chi connectivity index (χ4n) is 0.577. The zero-order chi connectivity index (χ0) is 10.9. The summed E-state index contributed by atoms with van der Waals surface area (Å²) in [4.78, 5) is 0. The van der Waals surface area contributed by atoms with Gasteiger partial charge in [0.05, 0.1) is 6.26 Å². The summed E-state index contributed by atoms with van der Waals surface area (Å²) >= 11 is 0. The summed E-state index contributed by atoms with van der Waals surface area (Å²) in [6, 6.07) is 0. The first-order chi connectivity index (χ1) is 5.46. The molecule has 0 atom stereocenters. The molecule has 0 unspecified atom stereocenters. The van der Waals surface area contributed by atoms with Crippen LogP contribution in [0.3, 0.4) is 0 Å². The van der Waals surface area contributed by atoms with Gasteiger partial charge in [0.2, 0.25) is 10.0 Å². The van der Waals surface area contributed by atoms with Gasteiger partial charge in [-0.05, 0) is 10.8 Å². The van der Waals surface area contributed by atoms with E-state index in [0.29, 0.717) is 6.54 Å². The molecule has 0 aromatic carbocycles. The molecule has 0 aliphatic rings. The number of hydrogen-bond acceptors (Lipinski definition) is 2. The number of hydrogen-bond donors (Lipinski definition) is 1. The molecule has 1 N–H and O–H groups in total. The summed E-state index contributed by atoms with van der Waals surface area (Å²) in [5.74, 6) is 0. The SMILES string of the molecule is CC(C)(C)C(C)(C)CNS(C)(=O)=O. The van der Waals surface area contributed by atoms with E-state index in [1.54, 1.807) is 0 Å². The molecule has 80 valence electrons. The van der Waals surface area contributed by atoms with Crippen LogP contribution in [0.4, 0.5) is 0 Å². The van der Waals surface area contributed by atoms with Gasteiger partial charge in [-0.15, -0.1) is 0 Å². The lowest BCUT2D eigenvalue weighted by molar-refractivity contribution is 0.137. The lowest BCUT2D eigenvalue weighted by Crippen LogP contribution is -2.41. The molecule has 0 amide bonds. The van der Waals surface area contributed by atoms with E-state index in [9.17, 15) is 8.42 Å². The van der Waals surface area contributed by atoms with Crippen LogP contribution in [0.25, 0.3) is 0 Å². The van der Waals surface area contributed by atoms with Gasteiger partial charge in [-0.1, -0.05) is 34.6 Å². The third-order valence-corrected chi connectivity index (χ3v) is 3.48. The minimum Gasteiger partial charge on any atom is -0.215 e. The maximum atomic E-state index is 10.9. The summed E-state index contributed by atoms with van der Waals surface area (Å²) in [5.41, 5.74) is 0.0424. The summed E-state index contributed by atoms with van der Waals surface area (Å²) in [6.45, 7) is 10.9. The quantitative estimate of drug-likeness (QED) is 0.764. The number of rotatable bonds is 3. The predicted molar refractivity (Wildman–Crippen MR) is 56.1 cm³/mol. The average molecular weight is 207 g/mol. The fourth-order valence-corrected chi connectivity index (χ4v) is 1.20. The van der Waals surface area contributed by atoms with E-state index in [-0.39, 0.29) is 10.8 Å². The van der Waals surface area contributed by atoms with Crippen LogP contribution in [0.5, 0.6) is 0 Å². The van der Waals surface area contributed by atoms with Gasteiger partial charge in [0, 0.05) is 6.54 Å².